The van der Waals surface area contributed by atoms with Crippen LogP contribution in [0, 0.1) is 6.92 Å². The van der Waals surface area contributed by atoms with Crippen LogP contribution in [0.1, 0.15) is 30.0 Å². The van der Waals surface area contributed by atoms with Crippen LogP contribution in [-0.2, 0) is 13.0 Å². The third kappa shape index (κ3) is 4.59. The first-order chi connectivity index (χ1) is 12.7. The second kappa shape index (κ2) is 8.77. The standard InChI is InChI=1S/C24H28N2/c1-4-24(16-20-12-14-25-15-13-20)26(3)18-23-17-22(11-10-19(23)2)21-8-6-5-7-9-21/h5-15,17,24H,4,16,18H2,1-3H3/t24-/m0/s1. The first-order valence-corrected chi connectivity index (χ1v) is 9.41. The van der Waals surface area contributed by atoms with Crippen molar-refractivity contribution in [3.05, 3.63) is 89.7 Å². The fraction of sp³-hybridized carbons (Fsp3) is 0.292. The van der Waals surface area contributed by atoms with Crippen LogP contribution >= 0.6 is 0 Å². The fourth-order valence-electron chi connectivity index (χ4n) is 3.45. The molecule has 1 atom stereocenters. The molecular formula is C24H28N2. The molecule has 0 spiro atoms. The lowest BCUT2D eigenvalue weighted by atomic mass is 9.98. The van der Waals surface area contributed by atoms with Crippen molar-refractivity contribution in [2.24, 2.45) is 0 Å². The highest BCUT2D eigenvalue weighted by Crippen LogP contribution is 2.24. The van der Waals surface area contributed by atoms with Crippen molar-refractivity contribution in [3.8, 4) is 11.1 Å². The lowest BCUT2D eigenvalue weighted by molar-refractivity contribution is 0.225. The molecule has 26 heavy (non-hydrogen) atoms. The topological polar surface area (TPSA) is 16.1 Å². The van der Waals surface area contributed by atoms with Gasteiger partial charge in [0.15, 0.2) is 0 Å². The van der Waals surface area contributed by atoms with Gasteiger partial charge in [0, 0.05) is 25.0 Å². The minimum absolute atomic E-state index is 0.525. The summed E-state index contributed by atoms with van der Waals surface area (Å²) in [5.41, 5.74) is 6.69. The first-order valence-electron chi connectivity index (χ1n) is 9.41. The summed E-state index contributed by atoms with van der Waals surface area (Å²) in [6.45, 7) is 5.45. The number of pyridine rings is 1. The number of hydrogen-bond donors (Lipinski definition) is 0. The molecule has 1 aromatic heterocycles. The molecule has 0 N–H and O–H groups in total. The van der Waals surface area contributed by atoms with E-state index in [-0.39, 0.29) is 0 Å². The Kier molecular flexibility index (Phi) is 6.19. The van der Waals surface area contributed by atoms with Crippen LogP contribution < -0.4 is 0 Å². The minimum Gasteiger partial charge on any atom is -0.299 e. The van der Waals surface area contributed by atoms with Crippen LogP contribution in [-0.4, -0.2) is 23.0 Å². The van der Waals surface area contributed by atoms with Gasteiger partial charge in [-0.25, -0.2) is 0 Å². The van der Waals surface area contributed by atoms with Gasteiger partial charge in [0.1, 0.15) is 0 Å². The number of hydrogen-bond acceptors (Lipinski definition) is 2. The summed E-state index contributed by atoms with van der Waals surface area (Å²) in [7, 11) is 2.24. The second-order valence-corrected chi connectivity index (χ2v) is 7.04. The zero-order valence-corrected chi connectivity index (χ0v) is 16.0. The molecule has 2 nitrogen and oxygen atoms in total. The fourth-order valence-corrected chi connectivity index (χ4v) is 3.45. The number of likely N-dealkylation sites (N-methyl/N-ethyl adjacent to an activating group) is 1. The number of benzene rings is 2. The van der Waals surface area contributed by atoms with Crippen molar-refractivity contribution >= 4 is 0 Å². The largest absolute Gasteiger partial charge is 0.299 e. The summed E-state index contributed by atoms with van der Waals surface area (Å²) in [5.74, 6) is 0. The van der Waals surface area contributed by atoms with E-state index in [2.05, 4.69) is 91.4 Å². The van der Waals surface area contributed by atoms with Gasteiger partial charge in [-0.05, 0) is 72.8 Å². The molecule has 0 saturated carbocycles. The molecule has 0 aliphatic heterocycles. The summed E-state index contributed by atoms with van der Waals surface area (Å²) in [6.07, 6.45) is 5.97. The van der Waals surface area contributed by atoms with Gasteiger partial charge in [0.25, 0.3) is 0 Å². The maximum atomic E-state index is 4.13. The highest BCUT2D eigenvalue weighted by atomic mass is 15.1. The lowest BCUT2D eigenvalue weighted by Gasteiger charge is -2.28. The third-order valence-corrected chi connectivity index (χ3v) is 5.19. The monoisotopic (exact) mass is 344 g/mol. The number of nitrogens with zero attached hydrogens (tertiary/aromatic N) is 2. The van der Waals surface area contributed by atoms with Crippen LogP contribution in [0.2, 0.25) is 0 Å². The molecular weight excluding hydrogens is 316 g/mol. The summed E-state index contributed by atoms with van der Waals surface area (Å²) in [5, 5.41) is 0. The molecule has 1 heterocycles. The Morgan fingerprint density at radius 3 is 2.35 bits per heavy atom. The predicted molar refractivity (Wildman–Crippen MR) is 110 cm³/mol. The van der Waals surface area contributed by atoms with Crippen molar-refractivity contribution in [1.29, 1.82) is 0 Å². The van der Waals surface area contributed by atoms with E-state index in [9.17, 15) is 0 Å². The van der Waals surface area contributed by atoms with Crippen molar-refractivity contribution < 1.29 is 0 Å². The Balaban J connectivity index is 1.76. The van der Waals surface area contributed by atoms with Gasteiger partial charge in [-0.3, -0.25) is 9.88 Å². The molecule has 3 aromatic rings. The van der Waals surface area contributed by atoms with Gasteiger partial charge in [-0.15, -0.1) is 0 Å². The van der Waals surface area contributed by atoms with E-state index in [1.54, 1.807) is 0 Å². The van der Waals surface area contributed by atoms with Gasteiger partial charge < -0.3 is 0 Å². The number of aryl methyl sites for hydroxylation is 1. The number of aromatic nitrogens is 1. The SMILES string of the molecule is CC[C@@H](Cc1ccncc1)N(C)Cc1cc(-c2ccccc2)ccc1C. The predicted octanol–water partition coefficient (Wildman–Crippen LogP) is 5.51. The van der Waals surface area contributed by atoms with E-state index in [1.165, 1.54) is 27.8 Å². The Bertz CT molecular complexity index is 812. The molecule has 2 aromatic carbocycles. The Morgan fingerprint density at radius 1 is 0.923 bits per heavy atom. The quantitative estimate of drug-likeness (QED) is 0.562. The Labute approximate surface area is 157 Å². The molecule has 2 heteroatoms. The van der Waals surface area contributed by atoms with Gasteiger partial charge >= 0.3 is 0 Å². The lowest BCUT2D eigenvalue weighted by Crippen LogP contribution is -2.32. The van der Waals surface area contributed by atoms with Crippen molar-refractivity contribution in [2.45, 2.75) is 39.3 Å². The molecule has 0 unspecified atom stereocenters. The van der Waals surface area contributed by atoms with E-state index < -0.39 is 0 Å². The minimum atomic E-state index is 0.525. The molecule has 0 bridgehead atoms. The second-order valence-electron chi connectivity index (χ2n) is 7.04. The van der Waals surface area contributed by atoms with Gasteiger partial charge in [0.05, 0.1) is 0 Å². The molecule has 0 fully saturated rings. The van der Waals surface area contributed by atoms with E-state index in [4.69, 9.17) is 0 Å². The molecule has 0 saturated heterocycles. The van der Waals surface area contributed by atoms with Crippen molar-refractivity contribution in [3.63, 3.8) is 0 Å². The van der Waals surface area contributed by atoms with Crippen molar-refractivity contribution in [1.82, 2.24) is 9.88 Å². The Hall–Kier alpha value is -2.45. The maximum absolute atomic E-state index is 4.13. The number of rotatable bonds is 7. The zero-order valence-electron chi connectivity index (χ0n) is 16.0. The molecule has 0 aliphatic carbocycles. The summed E-state index contributed by atoms with van der Waals surface area (Å²) >= 11 is 0. The van der Waals surface area contributed by atoms with Crippen LogP contribution in [0.5, 0.6) is 0 Å². The molecule has 3 rings (SSSR count). The van der Waals surface area contributed by atoms with E-state index in [1.807, 2.05) is 12.4 Å². The molecule has 0 aliphatic rings. The highest BCUT2D eigenvalue weighted by Gasteiger charge is 2.15. The van der Waals surface area contributed by atoms with Gasteiger partial charge in [0.2, 0.25) is 0 Å². The third-order valence-electron chi connectivity index (χ3n) is 5.19. The van der Waals surface area contributed by atoms with E-state index in [0.29, 0.717) is 6.04 Å². The van der Waals surface area contributed by atoms with Crippen LogP contribution in [0.4, 0.5) is 0 Å². The first kappa shape index (κ1) is 18.3. The summed E-state index contributed by atoms with van der Waals surface area (Å²) in [6, 6.07) is 22.2. The zero-order chi connectivity index (χ0) is 18.4. The molecule has 134 valence electrons. The van der Waals surface area contributed by atoms with Gasteiger partial charge in [-0.2, -0.15) is 0 Å². The van der Waals surface area contributed by atoms with Crippen LogP contribution in [0.15, 0.2) is 73.1 Å². The molecule has 0 radical (unpaired) electrons. The summed E-state index contributed by atoms with van der Waals surface area (Å²) in [4.78, 5) is 6.61. The smallest absolute Gasteiger partial charge is 0.0270 e. The average Bonchev–Trinajstić information content (AvgIpc) is 2.69. The Morgan fingerprint density at radius 2 is 1.65 bits per heavy atom. The van der Waals surface area contributed by atoms with Crippen molar-refractivity contribution in [2.75, 3.05) is 7.05 Å². The average molecular weight is 345 g/mol. The van der Waals surface area contributed by atoms with Crippen LogP contribution in [0.25, 0.3) is 11.1 Å². The van der Waals surface area contributed by atoms with Crippen LogP contribution in [0.3, 0.4) is 0 Å². The van der Waals surface area contributed by atoms with E-state index in [0.717, 1.165) is 19.4 Å². The normalized spacial score (nSPS) is 12.3. The maximum Gasteiger partial charge on any atom is 0.0270 e. The van der Waals surface area contributed by atoms with Gasteiger partial charge in [-0.1, -0.05) is 49.4 Å². The molecule has 0 amide bonds. The highest BCUT2D eigenvalue weighted by molar-refractivity contribution is 5.64. The van der Waals surface area contributed by atoms with E-state index >= 15 is 0 Å². The summed E-state index contributed by atoms with van der Waals surface area (Å²) < 4.78 is 0.